The summed E-state index contributed by atoms with van der Waals surface area (Å²) in [4.78, 5) is 0. The van der Waals surface area contributed by atoms with Crippen LogP contribution >= 0.6 is 0 Å². The van der Waals surface area contributed by atoms with Crippen LogP contribution in [-0.4, -0.2) is 7.28 Å². The van der Waals surface area contributed by atoms with Gasteiger partial charge in [-0.2, -0.15) is 0 Å². The molecule has 0 N–H and O–H groups in total. The van der Waals surface area contributed by atoms with Gasteiger partial charge in [-0.25, -0.2) is 0 Å². The van der Waals surface area contributed by atoms with E-state index in [0.717, 1.165) is 0 Å². The molecule has 1 aromatic rings. The Bertz CT molecular complexity index is 279. The number of benzene rings is 1. The fraction of sp³-hybridized carbons (Fsp3) is 0.538. The number of aryl methyl sites for hydroxylation is 3. The molecule has 0 aliphatic carbocycles. The van der Waals surface area contributed by atoms with Crippen LogP contribution in [0.2, 0.25) is 6.32 Å². The monoisotopic (exact) mass is 188 g/mol. The van der Waals surface area contributed by atoms with Crippen molar-refractivity contribution in [1.82, 2.24) is 0 Å². The normalized spacial score (nSPS) is 10.3. The van der Waals surface area contributed by atoms with E-state index in [9.17, 15) is 0 Å². The Morgan fingerprint density at radius 3 is 2.14 bits per heavy atom. The van der Waals surface area contributed by atoms with E-state index < -0.39 is 0 Å². The maximum Gasteiger partial charge on any atom is 0.158 e. The lowest BCUT2D eigenvalue weighted by Crippen LogP contribution is -2.20. The van der Waals surface area contributed by atoms with Crippen molar-refractivity contribution in [3.8, 4) is 0 Å². The largest absolute Gasteiger partial charge is 0.158 e. The lowest BCUT2D eigenvalue weighted by atomic mass is 9.63. The molecule has 0 bridgehead atoms. The molecule has 0 unspecified atom stereocenters. The second kappa shape index (κ2) is 5.24. The predicted molar refractivity (Wildman–Crippen MR) is 67.2 cm³/mol. The second-order valence-corrected chi connectivity index (χ2v) is 4.33. The molecule has 0 atom stereocenters. The maximum absolute atomic E-state index is 2.30. The maximum atomic E-state index is 2.30. The van der Waals surface area contributed by atoms with Crippen LogP contribution in [0.25, 0.3) is 0 Å². The molecule has 0 saturated carbocycles. The van der Waals surface area contributed by atoms with E-state index in [-0.39, 0.29) is 0 Å². The number of hydrogen-bond acceptors (Lipinski definition) is 0. The zero-order valence-corrected chi connectivity index (χ0v) is 9.98. The van der Waals surface area contributed by atoms with Gasteiger partial charge >= 0.3 is 0 Å². The molecular weight excluding hydrogens is 167 g/mol. The van der Waals surface area contributed by atoms with E-state index in [2.05, 4.69) is 39.8 Å². The zero-order valence-electron chi connectivity index (χ0n) is 9.98. The Kier molecular flexibility index (Phi) is 4.25. The van der Waals surface area contributed by atoms with Crippen LogP contribution in [0.5, 0.6) is 0 Å². The van der Waals surface area contributed by atoms with Crippen molar-refractivity contribution in [3.05, 3.63) is 28.8 Å². The van der Waals surface area contributed by atoms with Gasteiger partial charge in [-0.05, 0) is 20.8 Å². The Labute approximate surface area is 89.0 Å². The van der Waals surface area contributed by atoms with Gasteiger partial charge in [-0.3, -0.25) is 0 Å². The van der Waals surface area contributed by atoms with Crippen molar-refractivity contribution in [2.45, 2.75) is 46.9 Å². The van der Waals surface area contributed by atoms with Crippen LogP contribution in [0.3, 0.4) is 0 Å². The lowest BCUT2D eigenvalue weighted by molar-refractivity contribution is 0.881. The number of unbranched alkanes of at least 4 members (excludes halogenated alkanes) is 1. The predicted octanol–water partition coefficient (Wildman–Crippen LogP) is 2.89. The third kappa shape index (κ3) is 2.90. The van der Waals surface area contributed by atoms with Gasteiger partial charge in [0.1, 0.15) is 0 Å². The Morgan fingerprint density at radius 2 is 1.64 bits per heavy atom. The minimum absolute atomic E-state index is 1.26. The van der Waals surface area contributed by atoms with E-state index in [1.807, 2.05) is 0 Å². The molecule has 0 amide bonds. The first-order valence-electron chi connectivity index (χ1n) is 5.72. The highest BCUT2D eigenvalue weighted by atomic mass is 14.0. The fourth-order valence-corrected chi connectivity index (χ4v) is 2.16. The quantitative estimate of drug-likeness (QED) is 0.503. The molecule has 0 aromatic heterocycles. The number of rotatable bonds is 4. The van der Waals surface area contributed by atoms with Gasteiger partial charge in [0.25, 0.3) is 0 Å². The fourth-order valence-electron chi connectivity index (χ4n) is 2.16. The average molecular weight is 188 g/mol. The van der Waals surface area contributed by atoms with E-state index in [0.29, 0.717) is 0 Å². The molecule has 1 aromatic carbocycles. The van der Waals surface area contributed by atoms with Crippen LogP contribution in [0.1, 0.15) is 36.5 Å². The summed E-state index contributed by atoms with van der Waals surface area (Å²) < 4.78 is 0. The topological polar surface area (TPSA) is 0 Å². The van der Waals surface area contributed by atoms with Crippen LogP contribution in [-0.2, 0) is 0 Å². The minimum atomic E-state index is 1.26. The number of hydrogen-bond donors (Lipinski definition) is 0. The van der Waals surface area contributed by atoms with Crippen LogP contribution in [0.4, 0.5) is 0 Å². The first-order chi connectivity index (χ1) is 6.65. The van der Waals surface area contributed by atoms with Crippen molar-refractivity contribution < 1.29 is 0 Å². The molecule has 0 aliphatic rings. The van der Waals surface area contributed by atoms with Crippen LogP contribution in [0, 0.1) is 20.8 Å². The smallest absolute Gasteiger partial charge is 0.0788 e. The molecule has 0 radical (unpaired) electrons. The van der Waals surface area contributed by atoms with Crippen molar-refractivity contribution >= 4 is 12.7 Å². The van der Waals surface area contributed by atoms with Gasteiger partial charge in [-0.1, -0.05) is 60.4 Å². The molecule has 1 heteroatoms. The summed E-state index contributed by atoms with van der Waals surface area (Å²) in [5.41, 5.74) is 5.90. The second-order valence-electron chi connectivity index (χ2n) is 4.33. The Hall–Kier alpha value is -0.715. The van der Waals surface area contributed by atoms with Gasteiger partial charge in [0.2, 0.25) is 0 Å². The summed E-state index contributed by atoms with van der Waals surface area (Å²) in [5.74, 6) is 0. The highest BCUT2D eigenvalue weighted by molar-refractivity contribution is 6.54. The lowest BCUT2D eigenvalue weighted by Gasteiger charge is -2.10. The molecule has 0 saturated heterocycles. The first-order valence-corrected chi connectivity index (χ1v) is 5.72. The van der Waals surface area contributed by atoms with Crippen molar-refractivity contribution in [2.75, 3.05) is 0 Å². The molecular formula is C13H21B. The summed E-state index contributed by atoms with van der Waals surface area (Å²) in [6.45, 7) is 8.91. The Balaban J connectivity index is 2.75. The Morgan fingerprint density at radius 1 is 1.07 bits per heavy atom. The van der Waals surface area contributed by atoms with Crippen molar-refractivity contribution in [1.29, 1.82) is 0 Å². The first kappa shape index (κ1) is 11.4. The molecule has 0 aliphatic heterocycles. The standard InChI is InChI=1S/C13H21B/c1-5-6-7-14-13-11(3)8-10(2)9-12(13)4/h8-9,14H,5-7H2,1-4H3. The van der Waals surface area contributed by atoms with Gasteiger partial charge in [-0.15, -0.1) is 0 Å². The third-order valence-corrected chi connectivity index (χ3v) is 2.87. The van der Waals surface area contributed by atoms with Gasteiger partial charge in [0.05, 0.1) is 0 Å². The molecule has 0 spiro atoms. The SMILES string of the molecule is CCCCBc1c(C)cc(C)cc1C. The molecule has 0 fully saturated rings. The highest BCUT2D eigenvalue weighted by Gasteiger charge is 2.04. The summed E-state index contributed by atoms with van der Waals surface area (Å²) in [6, 6.07) is 4.60. The molecule has 0 heterocycles. The molecule has 76 valence electrons. The molecule has 0 nitrogen and oxygen atoms in total. The van der Waals surface area contributed by atoms with Gasteiger partial charge < -0.3 is 0 Å². The van der Waals surface area contributed by atoms with E-state index in [1.165, 1.54) is 43.1 Å². The summed E-state index contributed by atoms with van der Waals surface area (Å²) in [7, 11) is 1.26. The molecule has 14 heavy (non-hydrogen) atoms. The zero-order chi connectivity index (χ0) is 10.6. The summed E-state index contributed by atoms with van der Waals surface area (Å²) in [6.07, 6.45) is 4.00. The van der Waals surface area contributed by atoms with Crippen LogP contribution < -0.4 is 5.46 Å². The summed E-state index contributed by atoms with van der Waals surface area (Å²) in [5, 5.41) is 0. The molecule has 1 rings (SSSR count). The van der Waals surface area contributed by atoms with Crippen LogP contribution in [0.15, 0.2) is 12.1 Å². The highest BCUT2D eigenvalue weighted by Crippen LogP contribution is 2.06. The van der Waals surface area contributed by atoms with E-state index >= 15 is 0 Å². The van der Waals surface area contributed by atoms with Gasteiger partial charge in [0.15, 0.2) is 7.28 Å². The summed E-state index contributed by atoms with van der Waals surface area (Å²) >= 11 is 0. The third-order valence-electron chi connectivity index (χ3n) is 2.87. The van der Waals surface area contributed by atoms with E-state index in [4.69, 9.17) is 0 Å². The minimum Gasteiger partial charge on any atom is -0.0788 e. The van der Waals surface area contributed by atoms with Crippen molar-refractivity contribution in [2.24, 2.45) is 0 Å². The van der Waals surface area contributed by atoms with Gasteiger partial charge in [0, 0.05) is 0 Å². The van der Waals surface area contributed by atoms with Crippen molar-refractivity contribution in [3.63, 3.8) is 0 Å². The average Bonchev–Trinajstić information content (AvgIpc) is 2.09. The van der Waals surface area contributed by atoms with E-state index in [1.54, 1.807) is 5.46 Å².